The van der Waals surface area contributed by atoms with E-state index in [1.807, 2.05) is 0 Å². The lowest BCUT2D eigenvalue weighted by atomic mass is 10.1. The highest BCUT2D eigenvalue weighted by Crippen LogP contribution is 2.19. The van der Waals surface area contributed by atoms with Crippen LogP contribution in [0, 0.1) is 5.92 Å². The molecular weight excluding hydrogens is 186 g/mol. The molecule has 0 amide bonds. The number of halogens is 1. The van der Waals surface area contributed by atoms with Gasteiger partial charge < -0.3 is 9.64 Å². The molecule has 3 atom stereocenters. The van der Waals surface area contributed by atoms with Crippen molar-refractivity contribution in [1.29, 1.82) is 0 Å². The number of hydrogen-bond acceptors (Lipinski definition) is 2. The quantitative estimate of drug-likeness (QED) is 0.651. The van der Waals surface area contributed by atoms with Gasteiger partial charge in [-0.1, -0.05) is 6.92 Å². The molecule has 2 nitrogen and oxygen atoms in total. The second kappa shape index (κ2) is 5.18. The summed E-state index contributed by atoms with van der Waals surface area (Å²) in [7, 11) is 2.17. The van der Waals surface area contributed by atoms with Crippen LogP contribution < -0.4 is 0 Å². The van der Waals surface area contributed by atoms with Crippen molar-refractivity contribution in [1.82, 2.24) is 4.90 Å². The Bertz CT molecular complexity index is 154. The first-order valence-electron chi connectivity index (χ1n) is 5.03. The van der Waals surface area contributed by atoms with E-state index in [-0.39, 0.29) is 0 Å². The highest BCUT2D eigenvalue weighted by Gasteiger charge is 2.28. The molecule has 0 N–H and O–H groups in total. The van der Waals surface area contributed by atoms with Crippen molar-refractivity contribution in [3.05, 3.63) is 0 Å². The van der Waals surface area contributed by atoms with E-state index in [1.54, 1.807) is 0 Å². The summed E-state index contributed by atoms with van der Waals surface area (Å²) in [4.78, 5) is 2.38. The molecule has 1 saturated heterocycles. The van der Waals surface area contributed by atoms with E-state index in [4.69, 9.17) is 16.3 Å². The van der Waals surface area contributed by atoms with Gasteiger partial charge in [-0.25, -0.2) is 0 Å². The lowest BCUT2D eigenvalue weighted by molar-refractivity contribution is 0.0801. The van der Waals surface area contributed by atoms with Gasteiger partial charge in [-0.2, -0.15) is 0 Å². The molecule has 1 heterocycles. The average molecular weight is 206 g/mol. The molecule has 13 heavy (non-hydrogen) atoms. The molecule has 3 heteroatoms. The summed E-state index contributed by atoms with van der Waals surface area (Å²) >= 11 is 5.78. The molecule has 0 saturated carbocycles. The van der Waals surface area contributed by atoms with Crippen molar-refractivity contribution in [3.63, 3.8) is 0 Å². The van der Waals surface area contributed by atoms with E-state index in [0.29, 0.717) is 18.1 Å². The smallest absolute Gasteiger partial charge is 0.0702 e. The first-order valence-corrected chi connectivity index (χ1v) is 5.56. The van der Waals surface area contributed by atoms with Crippen LogP contribution in [0.5, 0.6) is 0 Å². The van der Waals surface area contributed by atoms with Crippen molar-refractivity contribution in [2.75, 3.05) is 26.1 Å². The monoisotopic (exact) mass is 205 g/mol. The van der Waals surface area contributed by atoms with Crippen LogP contribution >= 0.6 is 11.6 Å². The number of likely N-dealkylation sites (N-methyl/N-ethyl adjacent to an activating group) is 1. The fraction of sp³-hybridized carbons (Fsp3) is 1.00. The van der Waals surface area contributed by atoms with Crippen molar-refractivity contribution in [2.24, 2.45) is 5.92 Å². The molecule has 3 unspecified atom stereocenters. The Morgan fingerprint density at radius 3 is 2.77 bits per heavy atom. The molecule has 0 aromatic heterocycles. The third kappa shape index (κ3) is 3.12. The maximum Gasteiger partial charge on any atom is 0.0702 e. The normalized spacial score (nSPS) is 31.2. The standard InChI is InChI=1S/C10H20ClNO/c1-8(6-11)7-12(3)10-4-5-13-9(10)2/h8-10H,4-7H2,1-3H3. The van der Waals surface area contributed by atoms with Gasteiger partial charge >= 0.3 is 0 Å². The van der Waals surface area contributed by atoms with Crippen LogP contribution in [0.25, 0.3) is 0 Å². The van der Waals surface area contributed by atoms with E-state index in [0.717, 1.165) is 25.5 Å². The zero-order valence-electron chi connectivity index (χ0n) is 8.79. The minimum atomic E-state index is 0.382. The number of alkyl halides is 1. The lowest BCUT2D eigenvalue weighted by Crippen LogP contribution is -2.39. The summed E-state index contributed by atoms with van der Waals surface area (Å²) in [5.41, 5.74) is 0. The van der Waals surface area contributed by atoms with E-state index in [9.17, 15) is 0 Å². The second-order valence-corrected chi connectivity index (χ2v) is 4.44. The lowest BCUT2D eigenvalue weighted by Gasteiger charge is -2.28. The number of nitrogens with zero attached hydrogens (tertiary/aromatic N) is 1. The highest BCUT2D eigenvalue weighted by molar-refractivity contribution is 6.18. The van der Waals surface area contributed by atoms with Gasteiger partial charge in [0.2, 0.25) is 0 Å². The van der Waals surface area contributed by atoms with Gasteiger partial charge in [0, 0.05) is 25.1 Å². The molecule has 0 aromatic carbocycles. The predicted molar refractivity (Wildman–Crippen MR) is 56.3 cm³/mol. The minimum absolute atomic E-state index is 0.382. The van der Waals surface area contributed by atoms with Crippen LogP contribution in [-0.4, -0.2) is 43.1 Å². The topological polar surface area (TPSA) is 12.5 Å². The molecular formula is C10H20ClNO. The molecule has 0 aliphatic carbocycles. The number of hydrogen-bond donors (Lipinski definition) is 0. The molecule has 1 aliphatic rings. The van der Waals surface area contributed by atoms with Crippen LogP contribution in [0.15, 0.2) is 0 Å². The van der Waals surface area contributed by atoms with E-state index < -0.39 is 0 Å². The van der Waals surface area contributed by atoms with Gasteiger partial charge in [-0.15, -0.1) is 11.6 Å². The maximum absolute atomic E-state index is 5.78. The Balaban J connectivity index is 2.33. The van der Waals surface area contributed by atoms with Crippen LogP contribution in [0.1, 0.15) is 20.3 Å². The second-order valence-electron chi connectivity index (χ2n) is 4.13. The molecule has 1 aliphatic heterocycles. The summed E-state index contributed by atoms with van der Waals surface area (Å²) in [5.74, 6) is 1.31. The van der Waals surface area contributed by atoms with E-state index >= 15 is 0 Å². The van der Waals surface area contributed by atoms with Crippen LogP contribution in [0.3, 0.4) is 0 Å². The molecule has 1 rings (SSSR count). The third-order valence-corrected chi connectivity index (χ3v) is 3.29. The third-order valence-electron chi connectivity index (χ3n) is 2.77. The van der Waals surface area contributed by atoms with Crippen molar-refractivity contribution in [3.8, 4) is 0 Å². The fourth-order valence-corrected chi connectivity index (χ4v) is 2.07. The van der Waals surface area contributed by atoms with Gasteiger partial charge in [0.15, 0.2) is 0 Å². The van der Waals surface area contributed by atoms with Gasteiger partial charge in [-0.05, 0) is 26.3 Å². The molecule has 78 valence electrons. The SMILES string of the molecule is CC(CCl)CN(C)C1CCOC1C. The number of rotatable bonds is 4. The summed E-state index contributed by atoms with van der Waals surface area (Å²) < 4.78 is 5.53. The van der Waals surface area contributed by atoms with Gasteiger partial charge in [0.25, 0.3) is 0 Å². The Kier molecular flexibility index (Phi) is 4.50. The summed E-state index contributed by atoms with van der Waals surface area (Å²) in [6.07, 6.45) is 1.54. The Hall–Kier alpha value is 0.210. The molecule has 0 aromatic rings. The van der Waals surface area contributed by atoms with Crippen LogP contribution in [0.4, 0.5) is 0 Å². The van der Waals surface area contributed by atoms with Gasteiger partial charge in [-0.3, -0.25) is 0 Å². The molecule has 0 radical (unpaired) electrons. The Labute approximate surface area is 86.2 Å². The summed E-state index contributed by atoms with van der Waals surface area (Å²) in [5, 5.41) is 0. The average Bonchev–Trinajstić information content (AvgIpc) is 2.51. The molecule has 1 fully saturated rings. The number of ether oxygens (including phenoxy) is 1. The van der Waals surface area contributed by atoms with Gasteiger partial charge in [0.05, 0.1) is 6.10 Å². The van der Waals surface area contributed by atoms with E-state index in [1.165, 1.54) is 0 Å². The van der Waals surface area contributed by atoms with E-state index in [2.05, 4.69) is 25.8 Å². The fourth-order valence-electron chi connectivity index (χ4n) is 1.98. The Morgan fingerprint density at radius 2 is 2.31 bits per heavy atom. The van der Waals surface area contributed by atoms with Crippen molar-refractivity contribution >= 4 is 11.6 Å². The van der Waals surface area contributed by atoms with Crippen LogP contribution in [0.2, 0.25) is 0 Å². The largest absolute Gasteiger partial charge is 0.377 e. The highest BCUT2D eigenvalue weighted by atomic mass is 35.5. The van der Waals surface area contributed by atoms with Crippen molar-refractivity contribution < 1.29 is 4.74 Å². The predicted octanol–water partition coefficient (Wildman–Crippen LogP) is 1.97. The van der Waals surface area contributed by atoms with Gasteiger partial charge in [0.1, 0.15) is 0 Å². The first kappa shape index (κ1) is 11.3. The molecule has 0 bridgehead atoms. The summed E-state index contributed by atoms with van der Waals surface area (Å²) in [6, 6.07) is 0.589. The molecule has 0 spiro atoms. The van der Waals surface area contributed by atoms with Crippen LogP contribution in [-0.2, 0) is 4.74 Å². The Morgan fingerprint density at radius 1 is 1.62 bits per heavy atom. The zero-order valence-corrected chi connectivity index (χ0v) is 9.55. The summed E-state index contributed by atoms with van der Waals surface area (Å²) in [6.45, 7) is 6.32. The zero-order chi connectivity index (χ0) is 9.84. The minimum Gasteiger partial charge on any atom is -0.377 e. The van der Waals surface area contributed by atoms with Crippen molar-refractivity contribution in [2.45, 2.75) is 32.4 Å². The maximum atomic E-state index is 5.78. The first-order chi connectivity index (χ1) is 6.15.